The van der Waals surface area contributed by atoms with Crippen LogP contribution in [-0.2, 0) is 4.79 Å². The molecule has 2 saturated carbocycles. The Morgan fingerprint density at radius 1 is 1.40 bits per heavy atom. The molecular weight excluding hydrogens is 274 g/mol. The molecule has 0 heterocycles. The molecule has 4 unspecified atom stereocenters. The SMILES string of the molecule is CC(O)C(C)SCCC1CCCC1(NC1CC1)C(=O)O. The molecule has 2 rings (SSSR count). The molecule has 116 valence electrons. The van der Waals surface area contributed by atoms with Crippen molar-refractivity contribution < 1.29 is 15.0 Å². The van der Waals surface area contributed by atoms with Crippen molar-refractivity contribution in [2.24, 2.45) is 5.92 Å². The first-order chi connectivity index (χ1) is 9.45. The Kier molecular flexibility index (Phi) is 5.37. The standard InChI is InChI=1S/C15H27NO3S/c1-10(17)11(2)20-9-7-12-4-3-8-15(12,14(18)19)16-13-5-6-13/h10-13,16-17H,3-9H2,1-2H3,(H,18,19). The van der Waals surface area contributed by atoms with Gasteiger partial charge in [-0.15, -0.1) is 0 Å². The molecule has 20 heavy (non-hydrogen) atoms. The summed E-state index contributed by atoms with van der Waals surface area (Å²) < 4.78 is 0. The van der Waals surface area contributed by atoms with Crippen molar-refractivity contribution in [3.8, 4) is 0 Å². The van der Waals surface area contributed by atoms with Gasteiger partial charge in [-0.25, -0.2) is 0 Å². The van der Waals surface area contributed by atoms with Gasteiger partial charge < -0.3 is 10.2 Å². The van der Waals surface area contributed by atoms with E-state index in [1.165, 1.54) is 0 Å². The van der Waals surface area contributed by atoms with Gasteiger partial charge in [-0.1, -0.05) is 13.3 Å². The topological polar surface area (TPSA) is 69.6 Å². The summed E-state index contributed by atoms with van der Waals surface area (Å²) in [6.07, 6.45) is 5.64. The molecule has 2 aliphatic rings. The Labute approximate surface area is 125 Å². The van der Waals surface area contributed by atoms with Crippen LogP contribution in [0.3, 0.4) is 0 Å². The van der Waals surface area contributed by atoms with Crippen molar-refractivity contribution in [1.82, 2.24) is 5.32 Å². The molecule has 3 N–H and O–H groups in total. The maximum absolute atomic E-state index is 11.8. The molecule has 0 radical (unpaired) electrons. The van der Waals surface area contributed by atoms with Crippen LogP contribution in [0.2, 0.25) is 0 Å². The van der Waals surface area contributed by atoms with Crippen LogP contribution in [0.4, 0.5) is 0 Å². The molecule has 0 saturated heterocycles. The van der Waals surface area contributed by atoms with Crippen LogP contribution in [0.25, 0.3) is 0 Å². The molecule has 2 fully saturated rings. The molecule has 0 aromatic heterocycles. The minimum absolute atomic E-state index is 0.215. The van der Waals surface area contributed by atoms with Gasteiger partial charge in [-0.2, -0.15) is 11.8 Å². The Hall–Kier alpha value is -0.260. The number of aliphatic carboxylic acids is 1. The van der Waals surface area contributed by atoms with Crippen LogP contribution in [0.5, 0.6) is 0 Å². The van der Waals surface area contributed by atoms with Gasteiger partial charge in [0.25, 0.3) is 0 Å². The number of aliphatic hydroxyl groups excluding tert-OH is 1. The molecular formula is C15H27NO3S. The largest absolute Gasteiger partial charge is 0.480 e. The summed E-state index contributed by atoms with van der Waals surface area (Å²) in [6.45, 7) is 3.83. The molecule has 0 spiro atoms. The maximum atomic E-state index is 11.8. The Morgan fingerprint density at radius 3 is 2.65 bits per heavy atom. The number of carbonyl (C=O) groups is 1. The number of hydrogen-bond acceptors (Lipinski definition) is 4. The Balaban J connectivity index is 1.89. The second kappa shape index (κ2) is 6.67. The van der Waals surface area contributed by atoms with Crippen LogP contribution in [0.15, 0.2) is 0 Å². The third-order valence-corrected chi connectivity index (χ3v) is 6.16. The van der Waals surface area contributed by atoms with Crippen molar-refractivity contribution in [3.63, 3.8) is 0 Å². The smallest absolute Gasteiger partial charge is 0.324 e. The van der Waals surface area contributed by atoms with Gasteiger partial charge in [-0.3, -0.25) is 10.1 Å². The van der Waals surface area contributed by atoms with E-state index >= 15 is 0 Å². The fourth-order valence-electron chi connectivity index (χ4n) is 3.13. The zero-order valence-electron chi connectivity index (χ0n) is 12.5. The molecule has 2 aliphatic carbocycles. The van der Waals surface area contributed by atoms with Crippen molar-refractivity contribution >= 4 is 17.7 Å². The lowest BCUT2D eigenvalue weighted by atomic mass is 9.85. The fourth-order valence-corrected chi connectivity index (χ4v) is 4.20. The number of rotatable bonds is 8. The van der Waals surface area contributed by atoms with Crippen LogP contribution < -0.4 is 5.32 Å². The van der Waals surface area contributed by atoms with Gasteiger partial charge in [0.1, 0.15) is 5.54 Å². The van der Waals surface area contributed by atoms with Gasteiger partial charge >= 0.3 is 5.97 Å². The maximum Gasteiger partial charge on any atom is 0.324 e. The predicted octanol–water partition coefficient (Wildman–Crippen LogP) is 2.25. The number of carboxylic acids is 1. The van der Waals surface area contributed by atoms with Gasteiger partial charge in [0.2, 0.25) is 0 Å². The molecule has 5 heteroatoms. The average molecular weight is 301 g/mol. The third kappa shape index (κ3) is 3.68. The molecule has 0 aliphatic heterocycles. The normalized spacial score (nSPS) is 33.0. The average Bonchev–Trinajstić information content (AvgIpc) is 3.09. The first-order valence-electron chi connectivity index (χ1n) is 7.76. The number of carboxylic acid groups (broad SMARTS) is 1. The van der Waals surface area contributed by atoms with Crippen molar-refractivity contribution in [2.45, 2.75) is 75.3 Å². The van der Waals surface area contributed by atoms with Crippen molar-refractivity contribution in [3.05, 3.63) is 0 Å². The first-order valence-corrected chi connectivity index (χ1v) is 8.81. The van der Waals surface area contributed by atoms with Gasteiger partial charge in [0.15, 0.2) is 0 Å². The zero-order valence-corrected chi connectivity index (χ0v) is 13.3. The minimum atomic E-state index is -0.685. The second-order valence-corrected chi connectivity index (χ2v) is 7.87. The molecule has 0 bridgehead atoms. The number of thioether (sulfide) groups is 1. The van der Waals surface area contributed by atoms with E-state index in [1.54, 1.807) is 11.8 Å². The molecule has 4 nitrogen and oxygen atoms in total. The van der Waals surface area contributed by atoms with Gasteiger partial charge in [-0.05, 0) is 50.7 Å². The highest BCUT2D eigenvalue weighted by Gasteiger charge is 2.50. The highest BCUT2D eigenvalue weighted by Crippen LogP contribution is 2.41. The summed E-state index contributed by atoms with van der Waals surface area (Å²) in [5, 5.41) is 22.8. The van der Waals surface area contributed by atoms with Gasteiger partial charge in [0.05, 0.1) is 6.10 Å². The Morgan fingerprint density at radius 2 is 2.10 bits per heavy atom. The predicted molar refractivity (Wildman–Crippen MR) is 82.1 cm³/mol. The van der Waals surface area contributed by atoms with Crippen LogP contribution >= 0.6 is 11.8 Å². The Bertz CT molecular complexity index is 346. The van der Waals surface area contributed by atoms with E-state index in [2.05, 4.69) is 5.32 Å². The first kappa shape index (κ1) is 16.1. The van der Waals surface area contributed by atoms with Crippen molar-refractivity contribution in [2.75, 3.05) is 5.75 Å². The molecule has 0 aromatic carbocycles. The van der Waals surface area contributed by atoms with E-state index in [9.17, 15) is 15.0 Å². The number of aliphatic hydroxyl groups is 1. The highest BCUT2D eigenvalue weighted by atomic mass is 32.2. The van der Waals surface area contributed by atoms with Gasteiger partial charge in [0, 0.05) is 11.3 Å². The number of hydrogen-bond donors (Lipinski definition) is 3. The quantitative estimate of drug-likeness (QED) is 0.641. The van der Waals surface area contributed by atoms with E-state index < -0.39 is 11.5 Å². The summed E-state index contributed by atoms with van der Waals surface area (Å²) in [5.41, 5.74) is -0.685. The second-order valence-electron chi connectivity index (χ2n) is 6.39. The summed E-state index contributed by atoms with van der Waals surface area (Å²) >= 11 is 1.75. The zero-order chi connectivity index (χ0) is 14.8. The summed E-state index contributed by atoms with van der Waals surface area (Å²) in [4.78, 5) is 11.8. The molecule has 0 amide bonds. The molecule has 0 aromatic rings. The molecule has 4 atom stereocenters. The van der Waals surface area contributed by atoms with Crippen molar-refractivity contribution in [1.29, 1.82) is 0 Å². The summed E-state index contributed by atoms with van der Waals surface area (Å²) in [6, 6.07) is 0.427. The van der Waals surface area contributed by atoms with E-state index in [0.29, 0.717) is 6.04 Å². The van der Waals surface area contributed by atoms with E-state index in [0.717, 1.165) is 44.3 Å². The fraction of sp³-hybridized carbons (Fsp3) is 0.933. The van der Waals surface area contributed by atoms with E-state index in [1.807, 2.05) is 13.8 Å². The van der Waals surface area contributed by atoms with Crippen LogP contribution in [0.1, 0.15) is 52.4 Å². The summed E-state index contributed by atoms with van der Waals surface area (Å²) in [7, 11) is 0. The monoisotopic (exact) mass is 301 g/mol. The number of nitrogens with one attached hydrogen (secondary N) is 1. The lowest BCUT2D eigenvalue weighted by molar-refractivity contribution is -0.146. The minimum Gasteiger partial charge on any atom is -0.480 e. The van der Waals surface area contributed by atoms with E-state index in [4.69, 9.17) is 0 Å². The van der Waals surface area contributed by atoms with E-state index in [-0.39, 0.29) is 17.3 Å². The van der Waals surface area contributed by atoms with Crippen LogP contribution in [0, 0.1) is 5.92 Å². The third-order valence-electron chi connectivity index (χ3n) is 4.77. The summed E-state index contributed by atoms with van der Waals surface area (Å²) in [5.74, 6) is 0.493. The lowest BCUT2D eigenvalue weighted by Gasteiger charge is -2.33. The highest BCUT2D eigenvalue weighted by molar-refractivity contribution is 7.99. The van der Waals surface area contributed by atoms with Crippen LogP contribution in [-0.4, -0.2) is 44.9 Å². The lowest BCUT2D eigenvalue weighted by Crippen LogP contribution is -2.55.